The number of amides is 1. The van der Waals surface area contributed by atoms with Crippen LogP contribution < -0.4 is 11.1 Å². The SMILES string of the molecule is CC(C#N)CNC(=O)Cc1ccc(N)cn1. The molecule has 0 aliphatic carbocycles. The smallest absolute Gasteiger partial charge is 0.226 e. The summed E-state index contributed by atoms with van der Waals surface area (Å²) in [6.45, 7) is 2.12. The summed E-state index contributed by atoms with van der Waals surface area (Å²) < 4.78 is 0. The van der Waals surface area contributed by atoms with Crippen molar-refractivity contribution >= 4 is 11.6 Å². The Kier molecular flexibility index (Phi) is 4.28. The minimum atomic E-state index is -0.177. The summed E-state index contributed by atoms with van der Waals surface area (Å²) in [5.41, 5.74) is 6.71. The second kappa shape index (κ2) is 5.71. The fraction of sp³-hybridized carbons (Fsp3) is 0.364. The highest BCUT2D eigenvalue weighted by atomic mass is 16.1. The van der Waals surface area contributed by atoms with Gasteiger partial charge in [0, 0.05) is 12.2 Å². The van der Waals surface area contributed by atoms with Crippen LogP contribution in [0.25, 0.3) is 0 Å². The molecule has 0 aliphatic rings. The largest absolute Gasteiger partial charge is 0.397 e. The van der Waals surface area contributed by atoms with Crippen LogP contribution >= 0.6 is 0 Å². The number of carbonyl (C=O) groups excluding carboxylic acids is 1. The Labute approximate surface area is 94.3 Å². The molecule has 0 saturated heterocycles. The Balaban J connectivity index is 2.40. The first-order valence-electron chi connectivity index (χ1n) is 4.98. The van der Waals surface area contributed by atoms with Crippen molar-refractivity contribution in [2.75, 3.05) is 12.3 Å². The van der Waals surface area contributed by atoms with Gasteiger partial charge in [-0.3, -0.25) is 9.78 Å². The molecule has 5 heteroatoms. The van der Waals surface area contributed by atoms with Gasteiger partial charge in [-0.25, -0.2) is 0 Å². The molecule has 1 heterocycles. The number of nitrogens with two attached hydrogens (primary N) is 1. The second-order valence-electron chi connectivity index (χ2n) is 3.59. The number of carbonyl (C=O) groups is 1. The quantitative estimate of drug-likeness (QED) is 0.769. The maximum Gasteiger partial charge on any atom is 0.226 e. The summed E-state index contributed by atoms with van der Waals surface area (Å²) in [5.74, 6) is -0.317. The van der Waals surface area contributed by atoms with Gasteiger partial charge in [0.25, 0.3) is 0 Å². The Morgan fingerprint density at radius 2 is 2.44 bits per heavy atom. The molecule has 1 unspecified atom stereocenters. The summed E-state index contributed by atoms with van der Waals surface area (Å²) in [6.07, 6.45) is 1.72. The predicted octanol–water partition coefficient (Wildman–Crippen LogP) is 0.482. The molecule has 1 aromatic heterocycles. The summed E-state index contributed by atoms with van der Waals surface area (Å²) in [4.78, 5) is 15.4. The van der Waals surface area contributed by atoms with E-state index in [1.165, 1.54) is 6.20 Å². The van der Waals surface area contributed by atoms with Crippen LogP contribution in [-0.2, 0) is 11.2 Å². The first-order chi connectivity index (χ1) is 7.61. The number of nitriles is 1. The average Bonchev–Trinajstić information content (AvgIpc) is 2.29. The first kappa shape index (κ1) is 12.0. The minimum Gasteiger partial charge on any atom is -0.397 e. The lowest BCUT2D eigenvalue weighted by molar-refractivity contribution is -0.120. The highest BCUT2D eigenvalue weighted by Gasteiger charge is 2.06. The molecule has 0 bridgehead atoms. The summed E-state index contributed by atoms with van der Waals surface area (Å²) >= 11 is 0. The fourth-order valence-electron chi connectivity index (χ4n) is 1.08. The van der Waals surface area contributed by atoms with Crippen LogP contribution in [0.2, 0.25) is 0 Å². The van der Waals surface area contributed by atoms with Crippen LogP contribution in [-0.4, -0.2) is 17.4 Å². The molecule has 1 aromatic rings. The number of nitrogen functional groups attached to an aromatic ring is 1. The van der Waals surface area contributed by atoms with Crippen LogP contribution in [0.1, 0.15) is 12.6 Å². The van der Waals surface area contributed by atoms with E-state index in [4.69, 9.17) is 11.0 Å². The molecule has 0 radical (unpaired) electrons. The van der Waals surface area contributed by atoms with Gasteiger partial charge in [0.1, 0.15) is 0 Å². The van der Waals surface area contributed by atoms with Crippen molar-refractivity contribution in [3.05, 3.63) is 24.0 Å². The van der Waals surface area contributed by atoms with Crippen molar-refractivity contribution in [1.29, 1.82) is 5.26 Å². The van der Waals surface area contributed by atoms with Crippen LogP contribution in [0.5, 0.6) is 0 Å². The zero-order chi connectivity index (χ0) is 12.0. The summed E-state index contributed by atoms with van der Waals surface area (Å²) in [5, 5.41) is 11.2. The molecule has 3 N–H and O–H groups in total. The van der Waals surface area contributed by atoms with Crippen LogP contribution in [0.15, 0.2) is 18.3 Å². The molecular weight excluding hydrogens is 204 g/mol. The van der Waals surface area contributed by atoms with Crippen molar-refractivity contribution in [3.63, 3.8) is 0 Å². The topological polar surface area (TPSA) is 91.8 Å². The lowest BCUT2D eigenvalue weighted by Crippen LogP contribution is -2.29. The first-order valence-corrected chi connectivity index (χ1v) is 4.98. The number of nitrogens with zero attached hydrogens (tertiary/aromatic N) is 2. The van der Waals surface area contributed by atoms with Gasteiger partial charge in [-0.2, -0.15) is 5.26 Å². The molecule has 1 amide bonds. The van der Waals surface area contributed by atoms with Gasteiger partial charge in [-0.1, -0.05) is 0 Å². The minimum absolute atomic E-state index is 0.139. The molecule has 0 aromatic carbocycles. The molecule has 0 aliphatic heterocycles. The molecule has 5 nitrogen and oxygen atoms in total. The second-order valence-corrected chi connectivity index (χ2v) is 3.59. The van der Waals surface area contributed by atoms with E-state index in [1.54, 1.807) is 19.1 Å². The molecule has 0 saturated carbocycles. The molecule has 16 heavy (non-hydrogen) atoms. The maximum atomic E-state index is 11.4. The van der Waals surface area contributed by atoms with E-state index in [-0.39, 0.29) is 18.2 Å². The molecule has 0 fully saturated rings. The zero-order valence-corrected chi connectivity index (χ0v) is 9.10. The Hall–Kier alpha value is -2.09. The van der Waals surface area contributed by atoms with Gasteiger partial charge in [-0.05, 0) is 19.1 Å². The lowest BCUT2D eigenvalue weighted by atomic mass is 10.2. The standard InChI is InChI=1S/C11H14N4O/c1-8(5-12)6-15-11(16)4-10-3-2-9(13)7-14-10/h2-3,7-8H,4,6,13H2,1H3,(H,15,16). The van der Waals surface area contributed by atoms with E-state index in [2.05, 4.69) is 10.3 Å². The van der Waals surface area contributed by atoms with Crippen LogP contribution in [0, 0.1) is 17.2 Å². The van der Waals surface area contributed by atoms with Crippen LogP contribution in [0.4, 0.5) is 5.69 Å². The number of nitrogens with one attached hydrogen (secondary N) is 1. The molecule has 0 spiro atoms. The number of anilines is 1. The van der Waals surface area contributed by atoms with Gasteiger partial charge in [0.05, 0.1) is 30.3 Å². The highest BCUT2D eigenvalue weighted by molar-refractivity contribution is 5.78. The third kappa shape index (κ3) is 3.96. The van der Waals surface area contributed by atoms with E-state index in [0.29, 0.717) is 17.9 Å². The van der Waals surface area contributed by atoms with E-state index in [1.807, 2.05) is 6.07 Å². The van der Waals surface area contributed by atoms with Gasteiger partial charge < -0.3 is 11.1 Å². The normalized spacial score (nSPS) is 11.5. The Morgan fingerprint density at radius 1 is 1.69 bits per heavy atom. The number of rotatable bonds is 4. The third-order valence-corrected chi connectivity index (χ3v) is 2.02. The van der Waals surface area contributed by atoms with Crippen molar-refractivity contribution in [2.45, 2.75) is 13.3 Å². The lowest BCUT2D eigenvalue weighted by Gasteiger charge is -2.05. The monoisotopic (exact) mass is 218 g/mol. The fourth-order valence-corrected chi connectivity index (χ4v) is 1.08. The van der Waals surface area contributed by atoms with E-state index in [0.717, 1.165) is 0 Å². The van der Waals surface area contributed by atoms with Gasteiger partial charge in [-0.15, -0.1) is 0 Å². The number of hydrogen-bond donors (Lipinski definition) is 2. The maximum absolute atomic E-state index is 11.4. The summed E-state index contributed by atoms with van der Waals surface area (Å²) in [7, 11) is 0. The number of hydrogen-bond acceptors (Lipinski definition) is 4. The average molecular weight is 218 g/mol. The van der Waals surface area contributed by atoms with E-state index < -0.39 is 0 Å². The third-order valence-electron chi connectivity index (χ3n) is 2.02. The molecule has 1 atom stereocenters. The predicted molar refractivity (Wildman–Crippen MR) is 60.1 cm³/mol. The molecule has 84 valence electrons. The van der Waals surface area contributed by atoms with E-state index >= 15 is 0 Å². The van der Waals surface area contributed by atoms with Gasteiger partial charge in [0.15, 0.2) is 0 Å². The Morgan fingerprint density at radius 3 is 3.00 bits per heavy atom. The van der Waals surface area contributed by atoms with Gasteiger partial charge >= 0.3 is 0 Å². The van der Waals surface area contributed by atoms with Crippen molar-refractivity contribution in [3.8, 4) is 6.07 Å². The molecular formula is C11H14N4O. The molecule has 1 rings (SSSR count). The zero-order valence-electron chi connectivity index (χ0n) is 9.10. The van der Waals surface area contributed by atoms with Gasteiger partial charge in [0.2, 0.25) is 5.91 Å². The number of aromatic nitrogens is 1. The number of pyridine rings is 1. The highest BCUT2D eigenvalue weighted by Crippen LogP contribution is 2.01. The summed E-state index contributed by atoms with van der Waals surface area (Å²) in [6, 6.07) is 5.46. The van der Waals surface area contributed by atoms with Crippen molar-refractivity contribution in [2.24, 2.45) is 5.92 Å². The van der Waals surface area contributed by atoms with Crippen molar-refractivity contribution in [1.82, 2.24) is 10.3 Å². The van der Waals surface area contributed by atoms with Crippen molar-refractivity contribution < 1.29 is 4.79 Å². The Bertz CT molecular complexity index is 393. The van der Waals surface area contributed by atoms with Crippen LogP contribution in [0.3, 0.4) is 0 Å². The van der Waals surface area contributed by atoms with E-state index in [9.17, 15) is 4.79 Å².